The summed E-state index contributed by atoms with van der Waals surface area (Å²) in [7, 11) is 0. The standard InChI is InChI=1S/C13H18N2O6/c1-13(2)20-9-7(4-6-16)19-11(10(9)21-13)15-5-3-8(17)14-12(15)18/h3,5,7,9-11,16H,4,6H2,1-2H3,(H,14,17,18)/t7-,9-,10-,11-/m1/s1. The third kappa shape index (κ3) is 2.55. The largest absolute Gasteiger partial charge is 0.396 e. The summed E-state index contributed by atoms with van der Waals surface area (Å²) >= 11 is 0. The van der Waals surface area contributed by atoms with E-state index in [4.69, 9.17) is 19.3 Å². The average molecular weight is 298 g/mol. The van der Waals surface area contributed by atoms with Crippen molar-refractivity contribution in [1.82, 2.24) is 9.55 Å². The minimum atomic E-state index is -0.781. The molecule has 0 aliphatic carbocycles. The van der Waals surface area contributed by atoms with E-state index in [2.05, 4.69) is 4.98 Å². The van der Waals surface area contributed by atoms with E-state index in [-0.39, 0.29) is 18.8 Å². The van der Waals surface area contributed by atoms with Gasteiger partial charge >= 0.3 is 5.69 Å². The highest BCUT2D eigenvalue weighted by atomic mass is 16.8. The molecule has 0 spiro atoms. The molecule has 0 amide bonds. The van der Waals surface area contributed by atoms with Crippen LogP contribution in [-0.2, 0) is 14.2 Å². The van der Waals surface area contributed by atoms with Gasteiger partial charge in [-0.1, -0.05) is 0 Å². The number of nitrogens with zero attached hydrogens (tertiary/aromatic N) is 1. The molecule has 0 unspecified atom stereocenters. The van der Waals surface area contributed by atoms with Gasteiger partial charge in [-0.25, -0.2) is 4.79 Å². The number of aliphatic hydroxyl groups excluding tert-OH is 1. The van der Waals surface area contributed by atoms with Crippen LogP contribution >= 0.6 is 0 Å². The Morgan fingerprint density at radius 3 is 2.71 bits per heavy atom. The summed E-state index contributed by atoms with van der Waals surface area (Å²) in [5.74, 6) is -0.781. The van der Waals surface area contributed by atoms with E-state index in [1.165, 1.54) is 16.8 Å². The maximum atomic E-state index is 11.9. The molecule has 0 saturated carbocycles. The molecule has 0 radical (unpaired) electrons. The van der Waals surface area contributed by atoms with Crippen molar-refractivity contribution in [2.75, 3.05) is 6.61 Å². The third-order valence-corrected chi connectivity index (χ3v) is 3.66. The highest BCUT2D eigenvalue weighted by molar-refractivity contribution is 4.98. The van der Waals surface area contributed by atoms with E-state index in [9.17, 15) is 9.59 Å². The van der Waals surface area contributed by atoms with Crippen LogP contribution in [0.3, 0.4) is 0 Å². The first kappa shape index (κ1) is 14.5. The van der Waals surface area contributed by atoms with Gasteiger partial charge < -0.3 is 19.3 Å². The Hall–Kier alpha value is -1.48. The summed E-state index contributed by atoms with van der Waals surface area (Å²) in [4.78, 5) is 25.3. The molecule has 2 fully saturated rings. The molecule has 2 N–H and O–H groups in total. The third-order valence-electron chi connectivity index (χ3n) is 3.66. The summed E-state index contributed by atoms with van der Waals surface area (Å²) in [6.07, 6.45) is -0.145. The fourth-order valence-electron chi connectivity index (χ4n) is 2.87. The van der Waals surface area contributed by atoms with E-state index in [0.29, 0.717) is 6.42 Å². The molecule has 1 aromatic heterocycles. The summed E-state index contributed by atoms with van der Waals surface area (Å²) in [6.45, 7) is 3.52. The quantitative estimate of drug-likeness (QED) is 0.767. The number of aromatic amines is 1. The van der Waals surface area contributed by atoms with Crippen LogP contribution in [0.4, 0.5) is 0 Å². The van der Waals surface area contributed by atoms with Crippen LogP contribution in [0, 0.1) is 0 Å². The Labute approximate surface area is 120 Å². The molecular formula is C13H18N2O6. The first-order chi connectivity index (χ1) is 9.91. The number of rotatable bonds is 3. The highest BCUT2D eigenvalue weighted by Gasteiger charge is 2.55. The van der Waals surface area contributed by atoms with Crippen LogP contribution in [0.5, 0.6) is 0 Å². The first-order valence-corrected chi connectivity index (χ1v) is 6.85. The van der Waals surface area contributed by atoms with Crippen LogP contribution in [0.25, 0.3) is 0 Å². The molecule has 0 bridgehead atoms. The Kier molecular flexibility index (Phi) is 3.48. The Balaban J connectivity index is 1.95. The van der Waals surface area contributed by atoms with Gasteiger partial charge in [-0.15, -0.1) is 0 Å². The van der Waals surface area contributed by atoms with Gasteiger partial charge in [-0.05, 0) is 20.3 Å². The van der Waals surface area contributed by atoms with Gasteiger partial charge in [0.15, 0.2) is 12.0 Å². The molecule has 8 nitrogen and oxygen atoms in total. The normalized spacial score (nSPS) is 34.0. The minimum Gasteiger partial charge on any atom is -0.396 e. The predicted octanol–water partition coefficient (Wildman–Crippen LogP) is -0.663. The van der Waals surface area contributed by atoms with Crippen LogP contribution in [-0.4, -0.2) is 45.4 Å². The highest BCUT2D eigenvalue weighted by Crippen LogP contribution is 2.43. The maximum Gasteiger partial charge on any atom is 0.330 e. The van der Waals surface area contributed by atoms with Crippen molar-refractivity contribution in [1.29, 1.82) is 0 Å². The molecule has 21 heavy (non-hydrogen) atoms. The SMILES string of the molecule is CC1(C)O[C@@H]2[C@H](O1)[C@@H](CCO)O[C@H]2n1ccc(=O)[nH]c1=O. The average Bonchev–Trinajstić information content (AvgIpc) is 2.85. The Bertz CT molecular complexity index is 636. The van der Waals surface area contributed by atoms with Gasteiger partial charge in [0.25, 0.3) is 5.56 Å². The van der Waals surface area contributed by atoms with Gasteiger partial charge in [-0.2, -0.15) is 0 Å². The van der Waals surface area contributed by atoms with Gasteiger partial charge in [0.1, 0.15) is 12.2 Å². The molecule has 2 aliphatic rings. The van der Waals surface area contributed by atoms with Crippen LogP contribution in [0.15, 0.2) is 21.9 Å². The predicted molar refractivity (Wildman–Crippen MR) is 70.8 cm³/mol. The summed E-state index contributed by atoms with van der Waals surface area (Å²) in [5, 5.41) is 9.13. The molecule has 1 aromatic rings. The van der Waals surface area contributed by atoms with Crippen molar-refractivity contribution in [3.05, 3.63) is 33.1 Å². The van der Waals surface area contributed by atoms with Gasteiger partial charge in [0.05, 0.1) is 6.10 Å². The fraction of sp³-hybridized carbons (Fsp3) is 0.692. The smallest absolute Gasteiger partial charge is 0.330 e. The lowest BCUT2D eigenvalue weighted by atomic mass is 10.1. The van der Waals surface area contributed by atoms with Crippen LogP contribution in [0.1, 0.15) is 26.5 Å². The molecule has 116 valence electrons. The summed E-state index contributed by atoms with van der Waals surface area (Å²) in [5.41, 5.74) is -1.04. The van der Waals surface area contributed by atoms with Crippen molar-refractivity contribution >= 4 is 0 Å². The zero-order valence-corrected chi connectivity index (χ0v) is 11.8. The minimum absolute atomic E-state index is 0.0507. The van der Waals surface area contributed by atoms with Gasteiger partial charge in [0, 0.05) is 18.9 Å². The van der Waals surface area contributed by atoms with E-state index in [0.717, 1.165) is 0 Å². The second-order valence-electron chi connectivity index (χ2n) is 5.66. The number of aliphatic hydroxyl groups is 1. The van der Waals surface area contributed by atoms with Crippen molar-refractivity contribution in [3.8, 4) is 0 Å². The van der Waals surface area contributed by atoms with E-state index in [1.807, 2.05) is 0 Å². The number of nitrogens with one attached hydrogen (secondary N) is 1. The molecular weight excluding hydrogens is 280 g/mol. The summed E-state index contributed by atoms with van der Waals surface area (Å²) < 4.78 is 18.7. The van der Waals surface area contributed by atoms with Gasteiger partial charge in [-0.3, -0.25) is 14.3 Å². The zero-order chi connectivity index (χ0) is 15.2. The molecule has 4 atom stereocenters. The topological polar surface area (TPSA) is 103 Å². The molecule has 2 aliphatic heterocycles. The van der Waals surface area contributed by atoms with Crippen LogP contribution in [0.2, 0.25) is 0 Å². The molecule has 3 heterocycles. The number of aromatic nitrogens is 2. The maximum absolute atomic E-state index is 11.9. The Morgan fingerprint density at radius 2 is 2.05 bits per heavy atom. The number of hydrogen-bond acceptors (Lipinski definition) is 6. The molecule has 0 aromatic carbocycles. The van der Waals surface area contributed by atoms with E-state index >= 15 is 0 Å². The molecule has 8 heteroatoms. The first-order valence-electron chi connectivity index (χ1n) is 6.85. The van der Waals surface area contributed by atoms with Crippen molar-refractivity contribution < 1.29 is 19.3 Å². The fourth-order valence-corrected chi connectivity index (χ4v) is 2.87. The molecule has 2 saturated heterocycles. The van der Waals surface area contributed by atoms with E-state index < -0.39 is 29.4 Å². The zero-order valence-electron chi connectivity index (χ0n) is 11.8. The number of hydrogen-bond donors (Lipinski definition) is 2. The van der Waals surface area contributed by atoms with Crippen molar-refractivity contribution in [3.63, 3.8) is 0 Å². The number of H-pyrrole nitrogens is 1. The van der Waals surface area contributed by atoms with E-state index in [1.54, 1.807) is 13.8 Å². The number of ether oxygens (including phenoxy) is 3. The monoisotopic (exact) mass is 298 g/mol. The Morgan fingerprint density at radius 1 is 1.33 bits per heavy atom. The lowest BCUT2D eigenvalue weighted by molar-refractivity contribution is -0.198. The molecule has 3 rings (SSSR count). The van der Waals surface area contributed by atoms with Gasteiger partial charge in [0.2, 0.25) is 0 Å². The number of fused-ring (bicyclic) bond motifs is 1. The van der Waals surface area contributed by atoms with Crippen molar-refractivity contribution in [2.45, 2.75) is 50.6 Å². The van der Waals surface area contributed by atoms with Crippen LogP contribution < -0.4 is 11.2 Å². The second kappa shape index (κ2) is 5.06. The van der Waals surface area contributed by atoms with Crippen molar-refractivity contribution in [2.24, 2.45) is 0 Å². The summed E-state index contributed by atoms with van der Waals surface area (Å²) in [6, 6.07) is 1.25. The second-order valence-corrected chi connectivity index (χ2v) is 5.66. The lowest BCUT2D eigenvalue weighted by Gasteiger charge is -2.24. The lowest BCUT2D eigenvalue weighted by Crippen LogP contribution is -2.37.